The average Bonchev–Trinajstić information content (AvgIpc) is 3.15. The summed E-state index contributed by atoms with van der Waals surface area (Å²) in [5, 5.41) is 3.56. The van der Waals surface area contributed by atoms with Crippen molar-refractivity contribution in [1.29, 1.82) is 0 Å². The molecule has 1 atom stereocenters. The van der Waals surface area contributed by atoms with Gasteiger partial charge >= 0.3 is 0 Å². The summed E-state index contributed by atoms with van der Waals surface area (Å²) in [5.74, 6) is -0.338. The molecule has 3 aromatic rings. The van der Waals surface area contributed by atoms with Crippen molar-refractivity contribution in [1.82, 2.24) is 19.2 Å². The van der Waals surface area contributed by atoms with Gasteiger partial charge in [0.2, 0.25) is 15.9 Å². The molecule has 0 saturated carbocycles. The Bertz CT molecular complexity index is 1220. The number of nitrogens with one attached hydrogen (secondary N) is 1. The summed E-state index contributed by atoms with van der Waals surface area (Å²) >= 11 is 1.29. The molecule has 7 nitrogen and oxygen atoms in total. The first-order valence-corrected chi connectivity index (χ1v) is 13.3. The number of sulfonamides is 1. The average molecular weight is 493 g/mol. The number of aromatic nitrogens is 2. The van der Waals surface area contributed by atoms with E-state index >= 15 is 0 Å². The summed E-state index contributed by atoms with van der Waals surface area (Å²) in [6.07, 6.45) is 0. The van der Waals surface area contributed by atoms with Crippen molar-refractivity contribution in [3.05, 3.63) is 53.8 Å². The van der Waals surface area contributed by atoms with Gasteiger partial charge in [0.1, 0.15) is 5.82 Å². The van der Waals surface area contributed by atoms with Gasteiger partial charge in [-0.2, -0.15) is 4.31 Å². The molecule has 10 heteroatoms. The highest BCUT2D eigenvalue weighted by molar-refractivity contribution is 7.99. The fourth-order valence-electron chi connectivity index (χ4n) is 3.62. The van der Waals surface area contributed by atoms with Crippen LogP contribution in [0.5, 0.6) is 0 Å². The molecule has 0 radical (unpaired) electrons. The fraction of sp³-hybridized carbons (Fsp3) is 0.391. The zero-order valence-corrected chi connectivity index (χ0v) is 20.8. The van der Waals surface area contributed by atoms with Crippen LogP contribution in [0.2, 0.25) is 0 Å². The van der Waals surface area contributed by atoms with E-state index in [0.29, 0.717) is 30.3 Å². The Kier molecular flexibility index (Phi) is 8.14. The van der Waals surface area contributed by atoms with Gasteiger partial charge in [0.15, 0.2) is 5.16 Å². The topological polar surface area (TPSA) is 84.3 Å². The van der Waals surface area contributed by atoms with E-state index in [1.54, 1.807) is 30.3 Å². The SMILES string of the molecule is CCN(CC)S(=O)(=O)c1ccc2c(c1)nc(SCC(=O)NC(C)c1ccc(F)cc1)n2CC. The highest BCUT2D eigenvalue weighted by Crippen LogP contribution is 2.27. The van der Waals surface area contributed by atoms with Crippen molar-refractivity contribution in [3.63, 3.8) is 0 Å². The van der Waals surface area contributed by atoms with Crippen molar-refractivity contribution in [3.8, 4) is 0 Å². The summed E-state index contributed by atoms with van der Waals surface area (Å²) in [5.41, 5.74) is 2.21. The van der Waals surface area contributed by atoms with Crippen LogP contribution in [-0.4, -0.2) is 47.0 Å². The van der Waals surface area contributed by atoms with E-state index in [1.807, 2.05) is 32.3 Å². The first-order valence-electron chi connectivity index (χ1n) is 10.9. The van der Waals surface area contributed by atoms with E-state index in [4.69, 9.17) is 0 Å². The number of benzene rings is 2. The van der Waals surface area contributed by atoms with Crippen molar-refractivity contribution in [2.75, 3.05) is 18.8 Å². The molecule has 0 bridgehead atoms. The maximum atomic E-state index is 13.1. The number of aryl methyl sites for hydroxylation is 1. The molecule has 3 rings (SSSR count). The van der Waals surface area contributed by atoms with Gasteiger partial charge < -0.3 is 9.88 Å². The van der Waals surface area contributed by atoms with Gasteiger partial charge in [0, 0.05) is 19.6 Å². The van der Waals surface area contributed by atoms with E-state index in [2.05, 4.69) is 10.3 Å². The minimum atomic E-state index is -3.58. The molecule has 1 amide bonds. The molecule has 1 N–H and O–H groups in total. The van der Waals surface area contributed by atoms with Crippen LogP contribution in [0.4, 0.5) is 4.39 Å². The number of carbonyl (C=O) groups excluding carboxylic acids is 1. The largest absolute Gasteiger partial charge is 0.349 e. The van der Waals surface area contributed by atoms with Crippen molar-refractivity contribution < 1.29 is 17.6 Å². The lowest BCUT2D eigenvalue weighted by Gasteiger charge is -2.18. The normalized spacial score (nSPS) is 12.9. The summed E-state index contributed by atoms with van der Waals surface area (Å²) < 4.78 is 42.2. The smallest absolute Gasteiger partial charge is 0.243 e. The molecule has 0 aliphatic heterocycles. The summed E-state index contributed by atoms with van der Waals surface area (Å²) in [7, 11) is -3.58. The maximum Gasteiger partial charge on any atom is 0.243 e. The predicted octanol–water partition coefficient (Wildman–Crippen LogP) is 4.20. The molecule has 178 valence electrons. The van der Waals surface area contributed by atoms with Crippen LogP contribution >= 0.6 is 11.8 Å². The molecule has 33 heavy (non-hydrogen) atoms. The summed E-state index contributed by atoms with van der Waals surface area (Å²) in [4.78, 5) is 17.3. The maximum absolute atomic E-state index is 13.1. The zero-order chi connectivity index (χ0) is 24.2. The number of carbonyl (C=O) groups is 1. The second-order valence-corrected chi connectivity index (χ2v) is 10.4. The Labute approximate surface area is 198 Å². The third kappa shape index (κ3) is 5.56. The molecule has 1 heterocycles. The number of hydrogen-bond donors (Lipinski definition) is 1. The van der Waals surface area contributed by atoms with E-state index in [9.17, 15) is 17.6 Å². The number of hydrogen-bond acceptors (Lipinski definition) is 5. The van der Waals surface area contributed by atoms with Crippen molar-refractivity contribution in [2.45, 2.75) is 50.3 Å². The Morgan fingerprint density at radius 2 is 1.82 bits per heavy atom. The van der Waals surface area contributed by atoms with Crippen LogP contribution in [0.25, 0.3) is 11.0 Å². The lowest BCUT2D eigenvalue weighted by atomic mass is 10.1. The van der Waals surface area contributed by atoms with Gasteiger partial charge in [-0.15, -0.1) is 0 Å². The highest BCUT2D eigenvalue weighted by atomic mass is 32.2. The van der Waals surface area contributed by atoms with Gasteiger partial charge in [0.05, 0.1) is 27.7 Å². The number of imidazole rings is 1. The zero-order valence-electron chi connectivity index (χ0n) is 19.2. The second kappa shape index (κ2) is 10.7. The van der Waals surface area contributed by atoms with Gasteiger partial charge in [-0.3, -0.25) is 4.79 Å². The number of fused-ring (bicyclic) bond motifs is 1. The van der Waals surface area contributed by atoms with Crippen LogP contribution in [0.15, 0.2) is 52.5 Å². The number of halogens is 1. The summed E-state index contributed by atoms with van der Waals surface area (Å²) in [6.45, 7) is 8.86. The lowest BCUT2D eigenvalue weighted by molar-refractivity contribution is -0.119. The van der Waals surface area contributed by atoms with E-state index < -0.39 is 10.0 Å². The molecule has 0 aliphatic carbocycles. The minimum absolute atomic E-state index is 0.152. The second-order valence-electron chi connectivity index (χ2n) is 7.51. The number of nitrogens with zero attached hydrogens (tertiary/aromatic N) is 3. The molecule has 0 spiro atoms. The molecule has 1 aromatic heterocycles. The van der Waals surface area contributed by atoms with Crippen LogP contribution < -0.4 is 5.32 Å². The molecule has 0 saturated heterocycles. The van der Waals surface area contributed by atoms with Gasteiger partial charge in [-0.1, -0.05) is 37.7 Å². The van der Waals surface area contributed by atoms with Crippen molar-refractivity contribution in [2.24, 2.45) is 0 Å². The highest BCUT2D eigenvalue weighted by Gasteiger charge is 2.23. The third-order valence-electron chi connectivity index (χ3n) is 5.42. The third-order valence-corrected chi connectivity index (χ3v) is 8.45. The van der Waals surface area contributed by atoms with Crippen LogP contribution in [0.3, 0.4) is 0 Å². The first-order chi connectivity index (χ1) is 15.7. The minimum Gasteiger partial charge on any atom is -0.349 e. The van der Waals surface area contributed by atoms with Gasteiger partial charge in [-0.25, -0.2) is 17.8 Å². The fourth-order valence-corrected chi connectivity index (χ4v) is 5.99. The van der Waals surface area contributed by atoms with Crippen LogP contribution in [-0.2, 0) is 21.4 Å². The Morgan fingerprint density at radius 1 is 1.15 bits per heavy atom. The molecule has 1 unspecified atom stereocenters. The van der Waals surface area contributed by atoms with E-state index in [0.717, 1.165) is 11.1 Å². The summed E-state index contributed by atoms with van der Waals surface area (Å²) in [6, 6.07) is 10.7. The Balaban J connectivity index is 1.76. The monoisotopic (exact) mass is 492 g/mol. The standard InChI is InChI=1S/C23H29FN4O3S2/c1-5-27(6-2)33(30,31)19-12-13-21-20(14-19)26-23(28(21)7-3)32-15-22(29)25-16(4)17-8-10-18(24)11-9-17/h8-14,16H,5-7,15H2,1-4H3,(H,25,29). The Morgan fingerprint density at radius 3 is 2.42 bits per heavy atom. The Hall–Kier alpha value is -2.43. The van der Waals surface area contributed by atoms with Gasteiger partial charge in [0.25, 0.3) is 0 Å². The van der Waals surface area contributed by atoms with Crippen molar-refractivity contribution >= 4 is 38.7 Å². The van der Waals surface area contributed by atoms with E-state index in [-0.39, 0.29) is 28.4 Å². The number of amides is 1. The first kappa shape index (κ1) is 25.2. The molecular weight excluding hydrogens is 463 g/mol. The van der Waals surface area contributed by atoms with Gasteiger partial charge in [-0.05, 0) is 49.7 Å². The van der Waals surface area contributed by atoms with Crippen LogP contribution in [0.1, 0.15) is 39.3 Å². The molecule has 0 fully saturated rings. The predicted molar refractivity (Wildman–Crippen MR) is 129 cm³/mol. The molecular formula is C23H29FN4O3S2. The van der Waals surface area contributed by atoms with Crippen LogP contribution in [0, 0.1) is 5.82 Å². The number of rotatable bonds is 10. The van der Waals surface area contributed by atoms with E-state index in [1.165, 1.54) is 28.2 Å². The lowest BCUT2D eigenvalue weighted by Crippen LogP contribution is -2.30. The molecule has 0 aliphatic rings. The number of thioether (sulfide) groups is 1. The molecule has 2 aromatic carbocycles. The quantitative estimate of drug-likeness (QED) is 0.429.